The fourth-order valence-corrected chi connectivity index (χ4v) is 4.09. The van der Waals surface area contributed by atoms with Gasteiger partial charge in [0.15, 0.2) is 0 Å². The van der Waals surface area contributed by atoms with Crippen molar-refractivity contribution in [2.75, 3.05) is 5.32 Å². The van der Waals surface area contributed by atoms with E-state index in [1.165, 1.54) is 4.88 Å². The maximum absolute atomic E-state index is 6.05. The van der Waals surface area contributed by atoms with E-state index in [0.29, 0.717) is 5.02 Å². The van der Waals surface area contributed by atoms with E-state index in [-0.39, 0.29) is 0 Å². The SMILES string of the molecule is Cc1cnc(-c2ccc3[nH]cc(Nc4ccc5cc(Cl)ccc5n4)c3c2)s1. The van der Waals surface area contributed by atoms with Crippen LogP contribution in [0.15, 0.2) is 60.9 Å². The summed E-state index contributed by atoms with van der Waals surface area (Å²) in [5, 5.41) is 7.30. The zero-order valence-corrected chi connectivity index (χ0v) is 16.0. The largest absolute Gasteiger partial charge is 0.359 e. The molecule has 6 heteroatoms. The Labute approximate surface area is 164 Å². The number of benzene rings is 2. The predicted octanol–water partition coefficient (Wildman–Crippen LogP) is 6.55. The lowest BCUT2D eigenvalue weighted by Crippen LogP contribution is -1.93. The molecule has 0 amide bonds. The van der Waals surface area contributed by atoms with E-state index < -0.39 is 0 Å². The number of nitrogens with zero attached hydrogens (tertiary/aromatic N) is 2. The van der Waals surface area contributed by atoms with Gasteiger partial charge < -0.3 is 10.3 Å². The van der Waals surface area contributed by atoms with E-state index >= 15 is 0 Å². The number of hydrogen-bond donors (Lipinski definition) is 2. The summed E-state index contributed by atoms with van der Waals surface area (Å²) < 4.78 is 0. The fourth-order valence-electron chi connectivity index (χ4n) is 3.15. The molecule has 5 rings (SSSR count). The van der Waals surface area contributed by atoms with Gasteiger partial charge in [-0.15, -0.1) is 11.3 Å². The van der Waals surface area contributed by atoms with Gasteiger partial charge >= 0.3 is 0 Å². The molecule has 5 aromatic rings. The topological polar surface area (TPSA) is 53.6 Å². The standard InChI is InChI=1S/C21H15ClN4S/c1-12-10-24-21(27-12)14-2-5-18-16(9-14)19(11-23-18)26-20-7-3-13-8-15(22)4-6-17(13)25-20/h2-11,23H,1H3,(H,25,26). The van der Waals surface area contributed by atoms with Crippen LogP contribution in [0.4, 0.5) is 11.5 Å². The van der Waals surface area contributed by atoms with E-state index in [0.717, 1.165) is 43.9 Å². The maximum Gasteiger partial charge on any atom is 0.131 e. The third-order valence-electron chi connectivity index (χ3n) is 4.46. The zero-order chi connectivity index (χ0) is 18.4. The summed E-state index contributed by atoms with van der Waals surface area (Å²) in [5.74, 6) is 0.793. The minimum atomic E-state index is 0.714. The predicted molar refractivity (Wildman–Crippen MR) is 114 cm³/mol. The molecule has 0 atom stereocenters. The Morgan fingerprint density at radius 1 is 1.07 bits per heavy atom. The molecule has 0 radical (unpaired) electrons. The molecule has 27 heavy (non-hydrogen) atoms. The molecule has 2 aromatic carbocycles. The van der Waals surface area contributed by atoms with Crippen LogP contribution in [0.5, 0.6) is 0 Å². The Kier molecular flexibility index (Phi) is 3.85. The number of aromatic amines is 1. The molecule has 0 aliphatic rings. The van der Waals surface area contributed by atoms with Crippen LogP contribution in [0.25, 0.3) is 32.4 Å². The number of halogens is 1. The number of aryl methyl sites for hydroxylation is 1. The molecule has 4 nitrogen and oxygen atoms in total. The van der Waals surface area contributed by atoms with Crippen LogP contribution in [0.2, 0.25) is 5.02 Å². The number of pyridine rings is 1. The summed E-state index contributed by atoms with van der Waals surface area (Å²) in [5.41, 5.74) is 4.08. The second-order valence-electron chi connectivity index (χ2n) is 6.40. The van der Waals surface area contributed by atoms with Crippen LogP contribution in [0.3, 0.4) is 0 Å². The summed E-state index contributed by atoms with van der Waals surface area (Å²) in [6.07, 6.45) is 3.88. The number of thiazole rings is 1. The minimum Gasteiger partial charge on any atom is -0.359 e. The van der Waals surface area contributed by atoms with Crippen molar-refractivity contribution in [3.63, 3.8) is 0 Å². The molecule has 0 aliphatic heterocycles. The Morgan fingerprint density at radius 3 is 2.85 bits per heavy atom. The Bertz CT molecular complexity index is 1290. The van der Waals surface area contributed by atoms with E-state index in [2.05, 4.69) is 45.4 Å². The van der Waals surface area contributed by atoms with E-state index in [9.17, 15) is 0 Å². The lowest BCUT2D eigenvalue weighted by Gasteiger charge is -2.06. The summed E-state index contributed by atoms with van der Waals surface area (Å²) in [6.45, 7) is 2.07. The molecule has 0 aliphatic carbocycles. The van der Waals surface area contributed by atoms with Crippen LogP contribution in [0, 0.1) is 6.92 Å². The monoisotopic (exact) mass is 390 g/mol. The second kappa shape index (κ2) is 6.37. The van der Waals surface area contributed by atoms with Gasteiger partial charge in [-0.05, 0) is 55.5 Å². The molecule has 3 aromatic heterocycles. The number of fused-ring (bicyclic) bond motifs is 2. The molecule has 0 saturated carbocycles. The average Bonchev–Trinajstić information content (AvgIpc) is 3.28. The molecule has 2 N–H and O–H groups in total. The molecule has 132 valence electrons. The van der Waals surface area contributed by atoms with Gasteiger partial charge in [0, 0.05) is 44.1 Å². The quantitative estimate of drug-likeness (QED) is 0.367. The van der Waals surface area contributed by atoms with Gasteiger partial charge in [-0.1, -0.05) is 11.6 Å². The highest BCUT2D eigenvalue weighted by Crippen LogP contribution is 2.32. The molecular weight excluding hydrogens is 376 g/mol. The minimum absolute atomic E-state index is 0.714. The summed E-state index contributed by atoms with van der Waals surface area (Å²) in [4.78, 5) is 13.7. The van der Waals surface area contributed by atoms with Crippen molar-refractivity contribution >= 4 is 56.2 Å². The first-order valence-electron chi connectivity index (χ1n) is 8.53. The van der Waals surface area contributed by atoms with Crippen molar-refractivity contribution < 1.29 is 0 Å². The third-order valence-corrected chi connectivity index (χ3v) is 5.66. The van der Waals surface area contributed by atoms with Gasteiger partial charge in [0.25, 0.3) is 0 Å². The van der Waals surface area contributed by atoms with Gasteiger partial charge in [0.2, 0.25) is 0 Å². The van der Waals surface area contributed by atoms with Crippen molar-refractivity contribution in [2.24, 2.45) is 0 Å². The maximum atomic E-state index is 6.05. The average molecular weight is 391 g/mol. The van der Waals surface area contributed by atoms with Crippen LogP contribution >= 0.6 is 22.9 Å². The number of hydrogen-bond acceptors (Lipinski definition) is 4. The number of anilines is 2. The van der Waals surface area contributed by atoms with E-state index in [1.807, 2.05) is 42.7 Å². The number of H-pyrrole nitrogens is 1. The zero-order valence-electron chi connectivity index (χ0n) is 14.5. The molecule has 0 unspecified atom stereocenters. The first-order valence-corrected chi connectivity index (χ1v) is 9.72. The van der Waals surface area contributed by atoms with Gasteiger partial charge in [0.05, 0.1) is 11.2 Å². The molecule has 0 bridgehead atoms. The summed E-state index contributed by atoms with van der Waals surface area (Å²) >= 11 is 7.75. The second-order valence-corrected chi connectivity index (χ2v) is 8.07. The highest BCUT2D eigenvalue weighted by molar-refractivity contribution is 7.14. The van der Waals surface area contributed by atoms with Crippen molar-refractivity contribution in [1.82, 2.24) is 15.0 Å². The molecule has 3 heterocycles. The van der Waals surface area contributed by atoms with Crippen molar-refractivity contribution in [1.29, 1.82) is 0 Å². The Hall–Kier alpha value is -2.89. The first-order chi connectivity index (χ1) is 13.2. The van der Waals surface area contributed by atoms with Crippen molar-refractivity contribution in [3.05, 3.63) is 70.8 Å². The van der Waals surface area contributed by atoms with Gasteiger partial charge in [-0.2, -0.15) is 0 Å². The van der Waals surface area contributed by atoms with Crippen LogP contribution in [-0.4, -0.2) is 15.0 Å². The lowest BCUT2D eigenvalue weighted by molar-refractivity contribution is 1.37. The third kappa shape index (κ3) is 3.05. The number of aromatic nitrogens is 3. The highest BCUT2D eigenvalue weighted by atomic mass is 35.5. The molecular formula is C21H15ClN4S. The van der Waals surface area contributed by atoms with E-state index in [4.69, 9.17) is 11.6 Å². The number of rotatable bonds is 3. The van der Waals surface area contributed by atoms with Crippen LogP contribution in [0.1, 0.15) is 4.88 Å². The fraction of sp³-hybridized carbons (Fsp3) is 0.0476. The van der Waals surface area contributed by atoms with Crippen LogP contribution < -0.4 is 5.32 Å². The van der Waals surface area contributed by atoms with Gasteiger partial charge in [-0.25, -0.2) is 9.97 Å². The van der Waals surface area contributed by atoms with Gasteiger partial charge in [0.1, 0.15) is 10.8 Å². The van der Waals surface area contributed by atoms with Gasteiger partial charge in [-0.3, -0.25) is 0 Å². The smallest absolute Gasteiger partial charge is 0.131 e. The Morgan fingerprint density at radius 2 is 2.00 bits per heavy atom. The normalized spacial score (nSPS) is 11.3. The van der Waals surface area contributed by atoms with Crippen molar-refractivity contribution in [2.45, 2.75) is 6.92 Å². The molecule has 0 fully saturated rings. The van der Waals surface area contributed by atoms with E-state index in [1.54, 1.807) is 11.3 Å². The number of nitrogens with one attached hydrogen (secondary N) is 2. The summed E-state index contributed by atoms with van der Waals surface area (Å²) in [6, 6.07) is 16.0. The molecule has 0 spiro atoms. The first kappa shape index (κ1) is 16.3. The van der Waals surface area contributed by atoms with Crippen molar-refractivity contribution in [3.8, 4) is 10.6 Å². The van der Waals surface area contributed by atoms with Crippen LogP contribution in [-0.2, 0) is 0 Å². The molecule has 0 saturated heterocycles. The highest BCUT2D eigenvalue weighted by Gasteiger charge is 2.09. The summed E-state index contributed by atoms with van der Waals surface area (Å²) in [7, 11) is 0. The Balaban J connectivity index is 1.54. The lowest BCUT2D eigenvalue weighted by atomic mass is 10.1.